The fraction of sp³-hybridized carbons (Fsp3) is 0.667. The maximum atomic E-state index is 5.12. The Labute approximate surface area is 74.3 Å². The standard InChI is InChI=1S/C7H12N2O.C2H6/c1-2-3-6-4-5-10-7(6)9-8;1-2/h3H,2,4-5,8H2,1H3;1-2H3/b6-3-,9-7+;. The van der Waals surface area contributed by atoms with Gasteiger partial charge in [0.15, 0.2) is 0 Å². The molecule has 1 rings (SSSR count). The molecular weight excluding hydrogens is 152 g/mol. The van der Waals surface area contributed by atoms with Gasteiger partial charge in [0, 0.05) is 12.0 Å². The van der Waals surface area contributed by atoms with Gasteiger partial charge in [0.2, 0.25) is 5.90 Å². The van der Waals surface area contributed by atoms with Crippen LogP contribution in [0.15, 0.2) is 16.8 Å². The number of allylic oxidation sites excluding steroid dienone is 1. The Kier molecular flexibility index (Phi) is 6.15. The predicted molar refractivity (Wildman–Crippen MR) is 51.9 cm³/mol. The molecule has 3 heteroatoms. The maximum Gasteiger partial charge on any atom is 0.233 e. The second-order valence-corrected chi connectivity index (χ2v) is 2.17. The smallest absolute Gasteiger partial charge is 0.233 e. The molecule has 1 aliphatic heterocycles. The first-order valence-electron chi connectivity index (χ1n) is 4.48. The molecule has 0 unspecified atom stereocenters. The van der Waals surface area contributed by atoms with Crippen molar-refractivity contribution in [3.63, 3.8) is 0 Å². The van der Waals surface area contributed by atoms with Gasteiger partial charge >= 0.3 is 0 Å². The van der Waals surface area contributed by atoms with Crippen molar-refractivity contribution in [1.82, 2.24) is 0 Å². The minimum absolute atomic E-state index is 0.613. The number of nitrogens with zero attached hydrogens (tertiary/aromatic N) is 1. The molecule has 0 spiro atoms. The minimum atomic E-state index is 0.613. The van der Waals surface area contributed by atoms with Crippen molar-refractivity contribution in [3.05, 3.63) is 11.6 Å². The summed E-state index contributed by atoms with van der Waals surface area (Å²) < 4.78 is 5.12. The van der Waals surface area contributed by atoms with E-state index in [9.17, 15) is 0 Å². The summed E-state index contributed by atoms with van der Waals surface area (Å²) in [5.74, 6) is 5.69. The molecule has 0 amide bonds. The van der Waals surface area contributed by atoms with E-state index in [4.69, 9.17) is 10.6 Å². The van der Waals surface area contributed by atoms with Gasteiger partial charge in [-0.25, -0.2) is 0 Å². The SMILES string of the molecule is CC.CC/C=C1/CCO/C1=N/N. The molecule has 0 saturated carbocycles. The van der Waals surface area contributed by atoms with Crippen LogP contribution in [0.1, 0.15) is 33.6 Å². The molecule has 0 radical (unpaired) electrons. The third-order valence-corrected chi connectivity index (χ3v) is 1.45. The lowest BCUT2D eigenvalue weighted by Gasteiger charge is -1.93. The first kappa shape index (κ1) is 11.0. The highest BCUT2D eigenvalue weighted by Gasteiger charge is 2.14. The Balaban J connectivity index is 0.000000561. The van der Waals surface area contributed by atoms with E-state index in [1.807, 2.05) is 13.8 Å². The van der Waals surface area contributed by atoms with E-state index in [-0.39, 0.29) is 0 Å². The van der Waals surface area contributed by atoms with Crippen LogP contribution < -0.4 is 5.84 Å². The fourth-order valence-electron chi connectivity index (χ4n) is 1.01. The first-order chi connectivity index (χ1) is 5.88. The summed E-state index contributed by atoms with van der Waals surface area (Å²) in [5, 5.41) is 3.51. The van der Waals surface area contributed by atoms with E-state index >= 15 is 0 Å². The van der Waals surface area contributed by atoms with Crippen molar-refractivity contribution in [1.29, 1.82) is 0 Å². The quantitative estimate of drug-likeness (QED) is 0.483. The Morgan fingerprint density at radius 2 is 2.25 bits per heavy atom. The van der Waals surface area contributed by atoms with Crippen LogP contribution in [0.2, 0.25) is 0 Å². The molecule has 1 fully saturated rings. The summed E-state index contributed by atoms with van der Waals surface area (Å²) in [4.78, 5) is 0. The molecule has 0 bridgehead atoms. The van der Waals surface area contributed by atoms with Crippen molar-refractivity contribution in [3.8, 4) is 0 Å². The lowest BCUT2D eigenvalue weighted by molar-refractivity contribution is 0.342. The van der Waals surface area contributed by atoms with Crippen LogP contribution in [0.3, 0.4) is 0 Å². The van der Waals surface area contributed by atoms with E-state index in [0.717, 1.165) is 25.0 Å². The van der Waals surface area contributed by atoms with Gasteiger partial charge in [0.1, 0.15) is 0 Å². The van der Waals surface area contributed by atoms with Gasteiger partial charge in [-0.3, -0.25) is 0 Å². The molecule has 0 atom stereocenters. The van der Waals surface area contributed by atoms with Crippen molar-refractivity contribution in [2.24, 2.45) is 10.9 Å². The molecule has 1 aliphatic rings. The topological polar surface area (TPSA) is 47.6 Å². The van der Waals surface area contributed by atoms with Crippen LogP contribution in [-0.4, -0.2) is 12.5 Å². The Hall–Kier alpha value is -0.990. The summed E-state index contributed by atoms with van der Waals surface area (Å²) in [5.41, 5.74) is 1.14. The van der Waals surface area contributed by atoms with Gasteiger partial charge in [-0.2, -0.15) is 0 Å². The molecular formula is C9H18N2O. The number of rotatable bonds is 1. The molecule has 0 aromatic carbocycles. The largest absolute Gasteiger partial charge is 0.476 e. The fourth-order valence-corrected chi connectivity index (χ4v) is 1.01. The zero-order chi connectivity index (χ0) is 9.40. The monoisotopic (exact) mass is 170 g/mol. The molecule has 0 aromatic heterocycles. The molecule has 0 aromatic rings. The molecule has 0 aliphatic carbocycles. The van der Waals surface area contributed by atoms with Crippen LogP contribution in [-0.2, 0) is 4.74 Å². The average Bonchev–Trinajstić information content (AvgIpc) is 2.56. The van der Waals surface area contributed by atoms with E-state index in [1.54, 1.807) is 0 Å². The summed E-state index contributed by atoms with van der Waals surface area (Å²) in [7, 11) is 0. The van der Waals surface area contributed by atoms with Gasteiger partial charge in [0.05, 0.1) is 6.61 Å². The van der Waals surface area contributed by atoms with Crippen molar-refractivity contribution in [2.75, 3.05) is 6.61 Å². The normalized spacial score (nSPS) is 21.9. The number of hydrazone groups is 1. The number of hydrogen-bond acceptors (Lipinski definition) is 3. The van der Waals surface area contributed by atoms with Gasteiger partial charge in [-0.05, 0) is 6.42 Å². The van der Waals surface area contributed by atoms with Crippen molar-refractivity contribution < 1.29 is 4.74 Å². The number of hydrogen-bond donors (Lipinski definition) is 1. The Morgan fingerprint density at radius 3 is 2.75 bits per heavy atom. The summed E-state index contributed by atoms with van der Waals surface area (Å²) >= 11 is 0. The molecule has 1 saturated heterocycles. The molecule has 2 N–H and O–H groups in total. The lowest BCUT2D eigenvalue weighted by atomic mass is 10.2. The highest BCUT2D eigenvalue weighted by molar-refractivity contribution is 5.94. The molecule has 70 valence electrons. The summed E-state index contributed by atoms with van der Waals surface area (Å²) in [6.45, 7) is 6.81. The second-order valence-electron chi connectivity index (χ2n) is 2.17. The third kappa shape index (κ3) is 2.95. The zero-order valence-electron chi connectivity index (χ0n) is 8.13. The van der Waals surface area contributed by atoms with Crippen LogP contribution >= 0.6 is 0 Å². The Bertz CT molecular complexity index is 173. The van der Waals surface area contributed by atoms with Crippen molar-refractivity contribution in [2.45, 2.75) is 33.6 Å². The summed E-state index contributed by atoms with van der Waals surface area (Å²) in [6, 6.07) is 0. The minimum Gasteiger partial charge on any atom is -0.476 e. The second kappa shape index (κ2) is 6.70. The van der Waals surface area contributed by atoms with E-state index < -0.39 is 0 Å². The Morgan fingerprint density at radius 1 is 1.58 bits per heavy atom. The zero-order valence-corrected chi connectivity index (χ0v) is 8.13. The van der Waals surface area contributed by atoms with Crippen LogP contribution in [0, 0.1) is 0 Å². The predicted octanol–water partition coefficient (Wildman–Crippen LogP) is 2.04. The van der Waals surface area contributed by atoms with E-state index in [2.05, 4.69) is 18.1 Å². The van der Waals surface area contributed by atoms with Gasteiger partial charge in [-0.1, -0.05) is 26.8 Å². The van der Waals surface area contributed by atoms with Gasteiger partial charge in [0.25, 0.3) is 0 Å². The third-order valence-electron chi connectivity index (χ3n) is 1.45. The van der Waals surface area contributed by atoms with E-state index in [0.29, 0.717) is 5.90 Å². The van der Waals surface area contributed by atoms with Crippen LogP contribution in [0.5, 0.6) is 0 Å². The molecule has 1 heterocycles. The van der Waals surface area contributed by atoms with Crippen LogP contribution in [0.4, 0.5) is 0 Å². The summed E-state index contributed by atoms with van der Waals surface area (Å²) in [6.07, 6.45) is 4.06. The number of ether oxygens (including phenoxy) is 1. The number of nitrogens with two attached hydrogens (primary N) is 1. The highest BCUT2D eigenvalue weighted by atomic mass is 16.5. The van der Waals surface area contributed by atoms with Gasteiger partial charge in [-0.15, -0.1) is 5.10 Å². The van der Waals surface area contributed by atoms with E-state index in [1.165, 1.54) is 0 Å². The van der Waals surface area contributed by atoms with Crippen LogP contribution in [0.25, 0.3) is 0 Å². The molecule has 3 nitrogen and oxygen atoms in total. The highest BCUT2D eigenvalue weighted by Crippen LogP contribution is 2.14. The maximum absolute atomic E-state index is 5.12. The lowest BCUT2D eigenvalue weighted by Crippen LogP contribution is -2.00. The first-order valence-corrected chi connectivity index (χ1v) is 4.48. The van der Waals surface area contributed by atoms with Gasteiger partial charge < -0.3 is 10.6 Å². The van der Waals surface area contributed by atoms with Crippen molar-refractivity contribution >= 4 is 5.90 Å². The average molecular weight is 170 g/mol. The molecule has 12 heavy (non-hydrogen) atoms.